The summed E-state index contributed by atoms with van der Waals surface area (Å²) >= 11 is 1.74. The van der Waals surface area contributed by atoms with Crippen LogP contribution in [0.2, 0.25) is 0 Å². The summed E-state index contributed by atoms with van der Waals surface area (Å²) in [5.41, 5.74) is 0. The van der Waals surface area contributed by atoms with Crippen molar-refractivity contribution in [2.45, 2.75) is 31.3 Å². The molecule has 4 nitrogen and oxygen atoms in total. The van der Waals surface area contributed by atoms with Gasteiger partial charge < -0.3 is 15.5 Å². The molecule has 0 aromatic carbocycles. The minimum absolute atomic E-state index is 0.136. The molecule has 1 aromatic rings. The van der Waals surface area contributed by atoms with Crippen molar-refractivity contribution in [1.82, 2.24) is 15.5 Å². The number of amides is 1. The summed E-state index contributed by atoms with van der Waals surface area (Å²) in [6, 6.07) is 5.11. The van der Waals surface area contributed by atoms with Gasteiger partial charge in [0.1, 0.15) is 0 Å². The van der Waals surface area contributed by atoms with Crippen LogP contribution in [0, 0.1) is 0 Å². The zero-order valence-electron chi connectivity index (χ0n) is 11.7. The molecule has 1 atom stereocenters. The molecule has 0 aliphatic heterocycles. The Bertz CT molecular complexity index is 387. The molecule has 2 rings (SSSR count). The van der Waals surface area contributed by atoms with Gasteiger partial charge in [0, 0.05) is 30.4 Å². The van der Waals surface area contributed by atoms with Crippen LogP contribution < -0.4 is 10.6 Å². The molecule has 19 heavy (non-hydrogen) atoms. The third-order valence-electron chi connectivity index (χ3n) is 3.35. The molecule has 1 saturated carbocycles. The van der Waals surface area contributed by atoms with Crippen molar-refractivity contribution in [2.24, 2.45) is 0 Å². The predicted octanol–water partition coefficient (Wildman–Crippen LogP) is 1.61. The summed E-state index contributed by atoms with van der Waals surface area (Å²) in [4.78, 5) is 15.2. The van der Waals surface area contributed by atoms with Gasteiger partial charge in [-0.05, 0) is 38.4 Å². The summed E-state index contributed by atoms with van der Waals surface area (Å²) < 4.78 is 0. The molecule has 1 unspecified atom stereocenters. The highest BCUT2D eigenvalue weighted by Gasteiger charge is 2.20. The van der Waals surface area contributed by atoms with Gasteiger partial charge in [0.2, 0.25) is 5.91 Å². The van der Waals surface area contributed by atoms with Gasteiger partial charge in [-0.15, -0.1) is 11.3 Å². The summed E-state index contributed by atoms with van der Waals surface area (Å²) in [5, 5.41) is 8.47. The molecule has 1 aliphatic carbocycles. The average molecular weight is 281 g/mol. The lowest BCUT2D eigenvalue weighted by Crippen LogP contribution is -2.35. The summed E-state index contributed by atoms with van der Waals surface area (Å²) in [7, 11) is 4.09. The predicted molar refractivity (Wildman–Crippen MR) is 79.4 cm³/mol. The van der Waals surface area contributed by atoms with Gasteiger partial charge in [0.25, 0.3) is 0 Å². The molecule has 5 heteroatoms. The third-order valence-corrected chi connectivity index (χ3v) is 4.32. The molecule has 0 bridgehead atoms. The Morgan fingerprint density at radius 2 is 2.32 bits per heavy atom. The van der Waals surface area contributed by atoms with E-state index in [0.29, 0.717) is 19.0 Å². The zero-order valence-corrected chi connectivity index (χ0v) is 12.5. The molecule has 0 saturated heterocycles. The molecule has 1 aromatic heterocycles. The van der Waals surface area contributed by atoms with Crippen molar-refractivity contribution in [3.63, 3.8) is 0 Å². The van der Waals surface area contributed by atoms with Gasteiger partial charge in [0.15, 0.2) is 0 Å². The van der Waals surface area contributed by atoms with Crippen LogP contribution >= 0.6 is 11.3 Å². The van der Waals surface area contributed by atoms with E-state index in [4.69, 9.17) is 0 Å². The van der Waals surface area contributed by atoms with E-state index in [-0.39, 0.29) is 11.9 Å². The first-order valence-corrected chi connectivity index (χ1v) is 7.74. The standard InChI is InChI=1S/C14H23N3OS/c1-17(2)12(13-4-3-9-19-13)10-16-14(18)7-8-15-11-5-6-11/h3-4,9,11-12,15H,5-8,10H2,1-2H3,(H,16,18). The highest BCUT2D eigenvalue weighted by Crippen LogP contribution is 2.22. The van der Waals surface area contributed by atoms with E-state index in [2.05, 4.69) is 33.0 Å². The average Bonchev–Trinajstić information content (AvgIpc) is 3.03. The molecule has 2 N–H and O–H groups in total. The number of hydrogen-bond donors (Lipinski definition) is 2. The second-order valence-corrected chi connectivity index (χ2v) is 6.26. The molecule has 1 amide bonds. The fourth-order valence-corrected chi connectivity index (χ4v) is 2.92. The second kappa shape index (κ2) is 7.03. The fraction of sp³-hybridized carbons (Fsp3) is 0.643. The van der Waals surface area contributed by atoms with Crippen LogP contribution in [0.15, 0.2) is 17.5 Å². The van der Waals surface area contributed by atoms with Crippen molar-refractivity contribution >= 4 is 17.2 Å². The summed E-state index contributed by atoms with van der Waals surface area (Å²) in [6.07, 6.45) is 3.10. The number of rotatable bonds is 8. The topological polar surface area (TPSA) is 44.4 Å². The Kier molecular flexibility index (Phi) is 5.36. The van der Waals surface area contributed by atoms with E-state index in [0.717, 1.165) is 6.54 Å². The monoisotopic (exact) mass is 281 g/mol. The number of thiophene rings is 1. The van der Waals surface area contributed by atoms with Gasteiger partial charge in [-0.1, -0.05) is 6.07 Å². The Morgan fingerprint density at radius 1 is 1.53 bits per heavy atom. The molecule has 0 spiro atoms. The van der Waals surface area contributed by atoms with Crippen LogP contribution in [0.1, 0.15) is 30.2 Å². The summed E-state index contributed by atoms with van der Waals surface area (Å²) in [6.45, 7) is 1.47. The number of carbonyl (C=O) groups excluding carboxylic acids is 1. The van der Waals surface area contributed by atoms with E-state index in [1.54, 1.807) is 11.3 Å². The maximum Gasteiger partial charge on any atom is 0.221 e. The maximum atomic E-state index is 11.8. The van der Waals surface area contributed by atoms with Gasteiger partial charge in [0.05, 0.1) is 6.04 Å². The first-order valence-electron chi connectivity index (χ1n) is 6.86. The van der Waals surface area contributed by atoms with Crippen molar-refractivity contribution < 1.29 is 4.79 Å². The largest absolute Gasteiger partial charge is 0.354 e. The molecular weight excluding hydrogens is 258 g/mol. The Balaban J connectivity index is 1.70. The first-order chi connectivity index (χ1) is 9.16. The van der Waals surface area contributed by atoms with Crippen molar-refractivity contribution in [1.29, 1.82) is 0 Å². The Labute approximate surface area is 119 Å². The van der Waals surface area contributed by atoms with Crippen molar-refractivity contribution in [2.75, 3.05) is 27.2 Å². The summed E-state index contributed by atoms with van der Waals surface area (Å²) in [5.74, 6) is 0.136. The second-order valence-electron chi connectivity index (χ2n) is 5.28. The number of likely N-dealkylation sites (N-methyl/N-ethyl adjacent to an activating group) is 1. The zero-order chi connectivity index (χ0) is 13.7. The smallest absolute Gasteiger partial charge is 0.221 e. The molecule has 1 heterocycles. The van der Waals surface area contributed by atoms with Crippen LogP contribution in [0.4, 0.5) is 0 Å². The van der Waals surface area contributed by atoms with Gasteiger partial charge >= 0.3 is 0 Å². The minimum atomic E-state index is 0.136. The SMILES string of the molecule is CN(C)C(CNC(=O)CCNC1CC1)c1cccs1. The van der Waals surface area contributed by atoms with Crippen LogP contribution in [-0.4, -0.2) is 44.0 Å². The van der Waals surface area contributed by atoms with Crippen molar-refractivity contribution in [3.8, 4) is 0 Å². The molecule has 1 fully saturated rings. The minimum Gasteiger partial charge on any atom is -0.354 e. The van der Waals surface area contributed by atoms with E-state index >= 15 is 0 Å². The van der Waals surface area contributed by atoms with Crippen LogP contribution in [0.3, 0.4) is 0 Å². The van der Waals surface area contributed by atoms with E-state index < -0.39 is 0 Å². The lowest BCUT2D eigenvalue weighted by Gasteiger charge is -2.23. The third kappa shape index (κ3) is 4.93. The Morgan fingerprint density at radius 3 is 2.89 bits per heavy atom. The number of carbonyl (C=O) groups is 1. The van der Waals surface area contributed by atoms with Crippen LogP contribution in [0.5, 0.6) is 0 Å². The lowest BCUT2D eigenvalue weighted by molar-refractivity contribution is -0.121. The van der Waals surface area contributed by atoms with Crippen LogP contribution in [0.25, 0.3) is 0 Å². The number of nitrogens with one attached hydrogen (secondary N) is 2. The van der Waals surface area contributed by atoms with Crippen LogP contribution in [-0.2, 0) is 4.79 Å². The molecule has 0 radical (unpaired) electrons. The van der Waals surface area contributed by atoms with Crippen molar-refractivity contribution in [3.05, 3.63) is 22.4 Å². The first kappa shape index (κ1) is 14.5. The maximum absolute atomic E-state index is 11.8. The number of nitrogens with zero attached hydrogens (tertiary/aromatic N) is 1. The molecular formula is C14H23N3OS. The van der Waals surface area contributed by atoms with Gasteiger partial charge in [-0.3, -0.25) is 4.79 Å². The van der Waals surface area contributed by atoms with Gasteiger partial charge in [-0.2, -0.15) is 0 Å². The van der Waals surface area contributed by atoms with E-state index in [9.17, 15) is 4.79 Å². The normalized spacial score (nSPS) is 16.6. The quantitative estimate of drug-likeness (QED) is 0.761. The highest BCUT2D eigenvalue weighted by molar-refractivity contribution is 7.10. The van der Waals surface area contributed by atoms with E-state index in [1.165, 1.54) is 17.7 Å². The highest BCUT2D eigenvalue weighted by atomic mass is 32.1. The van der Waals surface area contributed by atoms with E-state index in [1.807, 2.05) is 14.1 Å². The Hall–Kier alpha value is -0.910. The molecule has 106 valence electrons. The fourth-order valence-electron chi connectivity index (χ4n) is 1.99. The van der Waals surface area contributed by atoms with Gasteiger partial charge in [-0.25, -0.2) is 0 Å². The number of hydrogen-bond acceptors (Lipinski definition) is 4. The lowest BCUT2D eigenvalue weighted by atomic mass is 10.2. The molecule has 1 aliphatic rings.